The lowest BCUT2D eigenvalue weighted by atomic mass is 9.94. The Bertz CT molecular complexity index is 495. The molecule has 0 aromatic carbocycles. The maximum atomic E-state index is 11.3. The van der Waals surface area contributed by atoms with Gasteiger partial charge in [-0.15, -0.1) is 0 Å². The molecule has 1 saturated heterocycles. The first-order valence-corrected chi connectivity index (χ1v) is 6.93. The largest absolute Gasteiger partial charge is 0.478 e. The predicted molar refractivity (Wildman–Crippen MR) is 75.8 cm³/mol. The quantitative estimate of drug-likeness (QED) is 0.923. The first-order valence-electron chi connectivity index (χ1n) is 6.14. The number of carboxylic acids is 1. The van der Waals surface area contributed by atoms with E-state index in [0.29, 0.717) is 16.8 Å². The molecule has 1 fully saturated rings. The van der Waals surface area contributed by atoms with Crippen molar-refractivity contribution in [2.24, 2.45) is 0 Å². The van der Waals surface area contributed by atoms with Gasteiger partial charge in [0.15, 0.2) is 0 Å². The lowest BCUT2D eigenvalue weighted by Crippen LogP contribution is -2.48. The highest BCUT2D eigenvalue weighted by molar-refractivity contribution is 9.10. The Hall–Kier alpha value is -1.14. The topological polar surface area (TPSA) is 62.7 Å². The van der Waals surface area contributed by atoms with Crippen LogP contribution < -0.4 is 4.90 Å². The van der Waals surface area contributed by atoms with E-state index < -0.39 is 5.97 Å². The summed E-state index contributed by atoms with van der Waals surface area (Å²) in [4.78, 5) is 17.6. The Morgan fingerprint density at radius 3 is 3.00 bits per heavy atom. The Morgan fingerprint density at radius 1 is 1.63 bits per heavy atom. The van der Waals surface area contributed by atoms with E-state index in [9.17, 15) is 9.90 Å². The molecule has 19 heavy (non-hydrogen) atoms. The average Bonchev–Trinajstić information content (AvgIpc) is 2.38. The molecule has 0 aliphatic carbocycles. The third-order valence-corrected chi connectivity index (χ3v) is 3.95. The summed E-state index contributed by atoms with van der Waals surface area (Å²) in [7, 11) is 1.69. The molecule has 104 valence electrons. The minimum Gasteiger partial charge on any atom is -0.478 e. The highest BCUT2D eigenvalue weighted by atomic mass is 79.9. The molecular formula is C13H17BrN2O3. The summed E-state index contributed by atoms with van der Waals surface area (Å²) in [5, 5.41) is 9.29. The van der Waals surface area contributed by atoms with Gasteiger partial charge in [-0.1, -0.05) is 0 Å². The molecule has 6 heteroatoms. The van der Waals surface area contributed by atoms with E-state index in [2.05, 4.69) is 20.9 Å². The van der Waals surface area contributed by atoms with Crippen molar-refractivity contribution in [1.29, 1.82) is 0 Å². The fourth-order valence-corrected chi connectivity index (χ4v) is 2.73. The first-order chi connectivity index (χ1) is 8.95. The van der Waals surface area contributed by atoms with Crippen LogP contribution in [0.25, 0.3) is 0 Å². The molecule has 1 aliphatic rings. The second kappa shape index (κ2) is 5.46. The molecule has 2 rings (SSSR count). The van der Waals surface area contributed by atoms with Crippen LogP contribution in [0.3, 0.4) is 0 Å². The molecule has 1 aromatic rings. The number of anilines is 1. The van der Waals surface area contributed by atoms with Crippen molar-refractivity contribution >= 4 is 27.7 Å². The highest BCUT2D eigenvalue weighted by Crippen LogP contribution is 2.29. The molecule has 1 aromatic heterocycles. The van der Waals surface area contributed by atoms with Gasteiger partial charge in [0.25, 0.3) is 0 Å². The van der Waals surface area contributed by atoms with Crippen LogP contribution in [0, 0.1) is 0 Å². The Morgan fingerprint density at radius 2 is 2.37 bits per heavy atom. The lowest BCUT2D eigenvalue weighted by molar-refractivity contribution is -0.00489. The van der Waals surface area contributed by atoms with Crippen molar-refractivity contribution in [3.8, 4) is 0 Å². The second-order valence-electron chi connectivity index (χ2n) is 5.01. The van der Waals surface area contributed by atoms with E-state index in [1.54, 1.807) is 19.4 Å². The van der Waals surface area contributed by atoms with Crippen molar-refractivity contribution < 1.29 is 14.6 Å². The number of pyridine rings is 1. The van der Waals surface area contributed by atoms with E-state index >= 15 is 0 Å². The number of methoxy groups -OCH3 is 1. The smallest absolute Gasteiger partial charge is 0.339 e. The zero-order valence-electron chi connectivity index (χ0n) is 11.0. The third kappa shape index (κ3) is 3.06. The van der Waals surface area contributed by atoms with Gasteiger partial charge in [-0.2, -0.15) is 0 Å². The zero-order valence-corrected chi connectivity index (χ0v) is 12.6. The van der Waals surface area contributed by atoms with Gasteiger partial charge < -0.3 is 14.7 Å². The number of carboxylic acid groups (broad SMARTS) is 1. The van der Waals surface area contributed by atoms with Gasteiger partial charge >= 0.3 is 5.97 Å². The fraction of sp³-hybridized carbons (Fsp3) is 0.538. The van der Waals surface area contributed by atoms with Crippen LogP contribution in [0.2, 0.25) is 0 Å². The molecule has 0 saturated carbocycles. The molecule has 0 amide bonds. The number of ether oxygens (including phenoxy) is 1. The molecule has 1 unspecified atom stereocenters. The summed E-state index contributed by atoms with van der Waals surface area (Å²) in [6.07, 6.45) is 3.56. The number of carbonyl (C=O) groups is 1. The number of nitrogens with zero attached hydrogens (tertiary/aromatic N) is 2. The molecule has 5 nitrogen and oxygen atoms in total. The van der Waals surface area contributed by atoms with Gasteiger partial charge in [0.1, 0.15) is 11.4 Å². The highest BCUT2D eigenvalue weighted by Gasteiger charge is 2.32. The van der Waals surface area contributed by atoms with Crippen LogP contribution in [-0.2, 0) is 4.74 Å². The minimum absolute atomic E-state index is 0.217. The number of rotatable bonds is 3. The summed E-state index contributed by atoms with van der Waals surface area (Å²) >= 11 is 3.26. The van der Waals surface area contributed by atoms with Crippen LogP contribution in [-0.4, -0.2) is 41.9 Å². The van der Waals surface area contributed by atoms with Gasteiger partial charge in [0.2, 0.25) is 0 Å². The van der Waals surface area contributed by atoms with E-state index in [1.807, 2.05) is 11.8 Å². The standard InChI is InChI=1S/C13H17BrN2O3/c1-13(19-2)4-3-5-16(8-13)11-10(12(17)18)6-9(14)7-15-11/h6-7H,3-5,8H2,1-2H3,(H,17,18). The van der Waals surface area contributed by atoms with Crippen molar-refractivity contribution in [2.75, 3.05) is 25.1 Å². The monoisotopic (exact) mass is 328 g/mol. The van der Waals surface area contributed by atoms with Gasteiger partial charge in [0, 0.05) is 30.9 Å². The van der Waals surface area contributed by atoms with Crippen molar-refractivity contribution in [3.05, 3.63) is 22.3 Å². The Labute approximate surface area is 120 Å². The average molecular weight is 329 g/mol. The van der Waals surface area contributed by atoms with Crippen LogP contribution in [0.1, 0.15) is 30.1 Å². The van der Waals surface area contributed by atoms with Crippen molar-refractivity contribution in [1.82, 2.24) is 4.98 Å². The van der Waals surface area contributed by atoms with Gasteiger partial charge in [-0.3, -0.25) is 0 Å². The number of hydrogen-bond acceptors (Lipinski definition) is 4. The summed E-state index contributed by atoms with van der Waals surface area (Å²) in [5.74, 6) is -0.452. The lowest BCUT2D eigenvalue weighted by Gasteiger charge is -2.40. The number of hydrogen-bond donors (Lipinski definition) is 1. The first kappa shape index (κ1) is 14.3. The fourth-order valence-electron chi connectivity index (χ4n) is 2.39. The van der Waals surface area contributed by atoms with Crippen LogP contribution in [0.4, 0.5) is 5.82 Å². The summed E-state index contributed by atoms with van der Waals surface area (Å²) < 4.78 is 6.20. The normalized spacial score (nSPS) is 23.4. The summed E-state index contributed by atoms with van der Waals surface area (Å²) in [6.45, 7) is 3.49. The molecule has 2 heterocycles. The molecule has 0 bridgehead atoms. The van der Waals surface area contributed by atoms with Crippen LogP contribution >= 0.6 is 15.9 Å². The second-order valence-corrected chi connectivity index (χ2v) is 5.92. The van der Waals surface area contributed by atoms with Gasteiger partial charge in [0.05, 0.1) is 5.60 Å². The Kier molecular flexibility index (Phi) is 4.10. The van der Waals surface area contributed by atoms with E-state index in [0.717, 1.165) is 19.4 Å². The van der Waals surface area contributed by atoms with E-state index in [-0.39, 0.29) is 11.2 Å². The van der Waals surface area contributed by atoms with E-state index in [4.69, 9.17) is 4.74 Å². The molecule has 0 spiro atoms. The molecular weight excluding hydrogens is 312 g/mol. The number of aromatic nitrogens is 1. The van der Waals surface area contributed by atoms with Crippen LogP contribution in [0.5, 0.6) is 0 Å². The number of aromatic carboxylic acids is 1. The molecule has 1 atom stereocenters. The zero-order chi connectivity index (χ0) is 14.0. The maximum absolute atomic E-state index is 11.3. The number of piperidine rings is 1. The SMILES string of the molecule is COC1(C)CCCN(c2ncc(Br)cc2C(=O)O)C1. The number of halogens is 1. The third-order valence-electron chi connectivity index (χ3n) is 3.52. The molecule has 0 radical (unpaired) electrons. The van der Waals surface area contributed by atoms with Gasteiger partial charge in [-0.05, 0) is 41.8 Å². The summed E-state index contributed by atoms with van der Waals surface area (Å²) in [5.41, 5.74) is -0.0299. The van der Waals surface area contributed by atoms with E-state index in [1.165, 1.54) is 0 Å². The Balaban J connectivity index is 2.33. The molecule has 1 N–H and O–H groups in total. The maximum Gasteiger partial charge on any atom is 0.339 e. The van der Waals surface area contributed by atoms with Crippen molar-refractivity contribution in [3.63, 3.8) is 0 Å². The molecule has 1 aliphatic heterocycles. The van der Waals surface area contributed by atoms with Crippen LogP contribution in [0.15, 0.2) is 16.7 Å². The van der Waals surface area contributed by atoms with Crippen molar-refractivity contribution in [2.45, 2.75) is 25.4 Å². The summed E-state index contributed by atoms with van der Waals surface area (Å²) in [6, 6.07) is 1.59. The minimum atomic E-state index is -0.964. The predicted octanol–water partition coefficient (Wildman–Crippen LogP) is 2.55. The van der Waals surface area contributed by atoms with Gasteiger partial charge in [-0.25, -0.2) is 9.78 Å².